The van der Waals surface area contributed by atoms with Crippen molar-refractivity contribution in [2.45, 2.75) is 33.1 Å². The number of ether oxygens (including phenoxy) is 1. The topological polar surface area (TPSA) is 58.6 Å². The minimum Gasteiger partial charge on any atom is -0.462 e. The van der Waals surface area contributed by atoms with Gasteiger partial charge in [0, 0.05) is 23.9 Å². The Morgan fingerprint density at radius 2 is 1.93 bits per heavy atom. The highest BCUT2D eigenvalue weighted by atomic mass is 32.1. The van der Waals surface area contributed by atoms with Gasteiger partial charge in [-0.2, -0.15) is 0 Å². The van der Waals surface area contributed by atoms with Crippen molar-refractivity contribution in [2.75, 3.05) is 31.6 Å². The number of benzene rings is 1. The summed E-state index contributed by atoms with van der Waals surface area (Å²) in [4.78, 5) is 27.4. The number of nitrogens with one attached hydrogen (secondary N) is 1. The van der Waals surface area contributed by atoms with Crippen LogP contribution in [0.5, 0.6) is 0 Å². The van der Waals surface area contributed by atoms with Crippen LogP contribution in [0.15, 0.2) is 35.7 Å². The maximum atomic E-state index is 12.6. The fourth-order valence-electron chi connectivity index (χ4n) is 3.42. The highest BCUT2D eigenvalue weighted by Gasteiger charge is 2.23. The number of piperidine rings is 1. The summed E-state index contributed by atoms with van der Waals surface area (Å²) in [5, 5.41) is 5.41. The fraction of sp³-hybridized carbons (Fsp3) is 0.455. The highest BCUT2D eigenvalue weighted by molar-refractivity contribution is 7.15. The molecule has 2 aromatic rings. The number of esters is 1. The van der Waals surface area contributed by atoms with Gasteiger partial charge in [0.1, 0.15) is 10.6 Å². The standard InChI is InChI=1S/C22H28N2O3S/c1-3-27-22(26)20-18(17-7-5-4-6-8-17)15-28-21(20)23-19(25)11-14-24-12-9-16(2)10-13-24/h4-8,15-16H,3,9-14H2,1-2H3,(H,23,25). The first-order chi connectivity index (χ1) is 13.6. The minimum absolute atomic E-state index is 0.0642. The largest absolute Gasteiger partial charge is 0.462 e. The van der Waals surface area contributed by atoms with Crippen LogP contribution in [0.1, 0.15) is 43.5 Å². The molecule has 28 heavy (non-hydrogen) atoms. The Hall–Kier alpha value is -2.18. The number of likely N-dealkylation sites (tertiary alicyclic amines) is 1. The molecule has 1 aromatic carbocycles. The fourth-order valence-corrected chi connectivity index (χ4v) is 4.39. The zero-order chi connectivity index (χ0) is 19.9. The summed E-state index contributed by atoms with van der Waals surface area (Å²) in [5.74, 6) is 0.313. The SMILES string of the molecule is CCOC(=O)c1c(-c2ccccc2)csc1NC(=O)CCN1CCC(C)CC1. The maximum Gasteiger partial charge on any atom is 0.341 e. The highest BCUT2D eigenvalue weighted by Crippen LogP contribution is 2.36. The molecule has 0 unspecified atom stereocenters. The number of amides is 1. The van der Waals surface area contributed by atoms with Crippen LogP contribution in [0.3, 0.4) is 0 Å². The molecule has 0 saturated carbocycles. The Kier molecular flexibility index (Phi) is 7.23. The molecular formula is C22H28N2O3S. The van der Waals surface area contributed by atoms with Gasteiger partial charge >= 0.3 is 5.97 Å². The number of nitrogens with zero attached hydrogens (tertiary/aromatic N) is 1. The molecule has 1 N–H and O–H groups in total. The van der Waals surface area contributed by atoms with Gasteiger partial charge in [0.15, 0.2) is 0 Å². The van der Waals surface area contributed by atoms with E-state index in [9.17, 15) is 9.59 Å². The first kappa shape index (κ1) is 20.6. The van der Waals surface area contributed by atoms with Crippen LogP contribution in [-0.2, 0) is 9.53 Å². The monoisotopic (exact) mass is 400 g/mol. The van der Waals surface area contributed by atoms with E-state index >= 15 is 0 Å². The van der Waals surface area contributed by atoms with Gasteiger partial charge in [-0.05, 0) is 44.3 Å². The lowest BCUT2D eigenvalue weighted by atomic mass is 9.99. The molecule has 5 nitrogen and oxygen atoms in total. The molecule has 3 rings (SSSR count). The lowest BCUT2D eigenvalue weighted by Crippen LogP contribution is -2.35. The van der Waals surface area contributed by atoms with Crippen molar-refractivity contribution in [2.24, 2.45) is 5.92 Å². The lowest BCUT2D eigenvalue weighted by Gasteiger charge is -2.29. The van der Waals surface area contributed by atoms with E-state index in [0.29, 0.717) is 23.6 Å². The second-order valence-corrected chi connectivity index (χ2v) is 8.14. The van der Waals surface area contributed by atoms with Crippen LogP contribution < -0.4 is 5.32 Å². The Bertz CT molecular complexity index is 795. The summed E-state index contributed by atoms with van der Waals surface area (Å²) in [6, 6.07) is 9.70. The van der Waals surface area contributed by atoms with Gasteiger partial charge in [0.25, 0.3) is 0 Å². The van der Waals surface area contributed by atoms with Crippen molar-refractivity contribution in [3.05, 3.63) is 41.3 Å². The van der Waals surface area contributed by atoms with Gasteiger partial charge in [-0.25, -0.2) is 4.79 Å². The van der Waals surface area contributed by atoms with E-state index in [0.717, 1.165) is 36.7 Å². The normalized spacial score (nSPS) is 15.4. The van der Waals surface area contributed by atoms with Crippen LogP contribution in [0.25, 0.3) is 11.1 Å². The average molecular weight is 401 g/mol. The van der Waals surface area contributed by atoms with Crippen molar-refractivity contribution in [3.8, 4) is 11.1 Å². The number of carbonyl (C=O) groups is 2. The number of carbonyl (C=O) groups excluding carboxylic acids is 2. The van der Waals surface area contributed by atoms with E-state index in [-0.39, 0.29) is 5.91 Å². The molecule has 0 radical (unpaired) electrons. The summed E-state index contributed by atoms with van der Waals surface area (Å²) < 4.78 is 5.24. The molecule has 0 aliphatic carbocycles. The quantitative estimate of drug-likeness (QED) is 0.687. The third-order valence-corrected chi connectivity index (χ3v) is 6.04. The summed E-state index contributed by atoms with van der Waals surface area (Å²) >= 11 is 1.37. The minimum atomic E-state index is -0.400. The van der Waals surface area contributed by atoms with Crippen molar-refractivity contribution in [3.63, 3.8) is 0 Å². The number of thiophene rings is 1. The number of anilines is 1. The van der Waals surface area contributed by atoms with Gasteiger partial charge in [0.05, 0.1) is 6.61 Å². The maximum absolute atomic E-state index is 12.6. The van der Waals surface area contributed by atoms with Gasteiger partial charge < -0.3 is 15.0 Å². The third-order valence-electron chi connectivity index (χ3n) is 5.14. The molecule has 1 aliphatic rings. The molecular weight excluding hydrogens is 372 g/mol. The Balaban J connectivity index is 1.69. The number of hydrogen-bond acceptors (Lipinski definition) is 5. The average Bonchev–Trinajstić information content (AvgIpc) is 3.12. The number of hydrogen-bond donors (Lipinski definition) is 1. The Morgan fingerprint density at radius 1 is 1.21 bits per heavy atom. The van der Waals surface area contributed by atoms with E-state index in [1.165, 1.54) is 24.2 Å². The second kappa shape index (κ2) is 9.85. The van der Waals surface area contributed by atoms with Crippen molar-refractivity contribution < 1.29 is 14.3 Å². The Labute approximate surface area is 170 Å². The molecule has 1 aliphatic heterocycles. The van der Waals surface area contributed by atoms with Crippen molar-refractivity contribution >= 4 is 28.2 Å². The second-order valence-electron chi connectivity index (χ2n) is 7.26. The first-order valence-electron chi connectivity index (χ1n) is 9.94. The van der Waals surface area contributed by atoms with Crippen LogP contribution in [0.4, 0.5) is 5.00 Å². The summed E-state index contributed by atoms with van der Waals surface area (Å²) in [5.41, 5.74) is 2.17. The molecule has 2 heterocycles. The molecule has 1 fully saturated rings. The van der Waals surface area contributed by atoms with Gasteiger partial charge in [0.2, 0.25) is 5.91 Å². The molecule has 0 bridgehead atoms. The zero-order valence-corrected chi connectivity index (χ0v) is 17.4. The molecule has 0 atom stereocenters. The van der Waals surface area contributed by atoms with Crippen molar-refractivity contribution in [1.82, 2.24) is 4.90 Å². The van der Waals surface area contributed by atoms with Gasteiger partial charge in [-0.3, -0.25) is 4.79 Å². The van der Waals surface area contributed by atoms with E-state index in [2.05, 4.69) is 17.1 Å². The van der Waals surface area contributed by atoms with E-state index in [4.69, 9.17) is 4.74 Å². The van der Waals surface area contributed by atoms with E-state index in [1.807, 2.05) is 35.7 Å². The van der Waals surface area contributed by atoms with Crippen LogP contribution in [-0.4, -0.2) is 43.0 Å². The molecule has 150 valence electrons. The third kappa shape index (κ3) is 5.20. The summed E-state index contributed by atoms with van der Waals surface area (Å²) in [6.07, 6.45) is 2.81. The smallest absolute Gasteiger partial charge is 0.341 e. The Morgan fingerprint density at radius 3 is 2.61 bits per heavy atom. The first-order valence-corrected chi connectivity index (χ1v) is 10.8. The summed E-state index contributed by atoms with van der Waals surface area (Å²) in [6.45, 7) is 7.22. The van der Waals surface area contributed by atoms with Gasteiger partial charge in [-0.1, -0.05) is 37.3 Å². The van der Waals surface area contributed by atoms with Crippen LogP contribution >= 0.6 is 11.3 Å². The van der Waals surface area contributed by atoms with E-state index in [1.54, 1.807) is 6.92 Å². The predicted molar refractivity (Wildman–Crippen MR) is 114 cm³/mol. The number of rotatable bonds is 7. The summed E-state index contributed by atoms with van der Waals surface area (Å²) in [7, 11) is 0. The lowest BCUT2D eigenvalue weighted by molar-refractivity contribution is -0.116. The zero-order valence-electron chi connectivity index (χ0n) is 16.6. The molecule has 1 saturated heterocycles. The predicted octanol–water partition coefficient (Wildman–Crippen LogP) is 4.65. The molecule has 6 heteroatoms. The van der Waals surface area contributed by atoms with Crippen molar-refractivity contribution in [1.29, 1.82) is 0 Å². The molecule has 1 amide bonds. The molecule has 0 spiro atoms. The van der Waals surface area contributed by atoms with Gasteiger partial charge in [-0.15, -0.1) is 11.3 Å². The van der Waals surface area contributed by atoms with Crippen LogP contribution in [0.2, 0.25) is 0 Å². The van der Waals surface area contributed by atoms with Crippen LogP contribution in [0, 0.1) is 5.92 Å². The molecule has 1 aromatic heterocycles. The van der Waals surface area contributed by atoms with E-state index < -0.39 is 5.97 Å².